The molecule has 0 saturated heterocycles. The summed E-state index contributed by atoms with van der Waals surface area (Å²) < 4.78 is 10.8. The van der Waals surface area contributed by atoms with Crippen molar-refractivity contribution in [1.82, 2.24) is 4.57 Å². The molecule has 0 saturated carbocycles. The maximum Gasteiger partial charge on any atom is 0.347 e. The number of nitro benzene ring substituents is 1. The highest BCUT2D eigenvalue weighted by Crippen LogP contribution is 2.28. The lowest BCUT2D eigenvalue weighted by Gasteiger charge is -2.05. The second-order valence-corrected chi connectivity index (χ2v) is 5.49. The van der Waals surface area contributed by atoms with E-state index in [1.807, 2.05) is 0 Å². The summed E-state index contributed by atoms with van der Waals surface area (Å²) in [6.45, 7) is 2.97. The molecule has 1 aromatic heterocycles. The number of carbonyl (C=O) groups is 2. The summed E-state index contributed by atoms with van der Waals surface area (Å²) in [5.74, 6) is -2.53. The fourth-order valence-corrected chi connectivity index (χ4v) is 2.55. The van der Waals surface area contributed by atoms with Crippen LogP contribution in [-0.4, -0.2) is 39.6 Å². The maximum atomic E-state index is 12.3. The SMILES string of the molecule is CCOC(=O)c1cn(Cc2ccc([N+](=O)[O-])cc2)c([N+](=O)[O-])c1C(=O)OCC. The zero-order chi connectivity index (χ0) is 20.8. The minimum absolute atomic E-state index is 0.0163. The molecule has 0 aliphatic heterocycles. The number of carbonyl (C=O) groups excluding carboxylic acids is 2. The van der Waals surface area contributed by atoms with Crippen molar-refractivity contribution in [1.29, 1.82) is 0 Å². The Morgan fingerprint density at radius 1 is 0.964 bits per heavy atom. The highest BCUT2D eigenvalue weighted by atomic mass is 16.6. The molecule has 28 heavy (non-hydrogen) atoms. The summed E-state index contributed by atoms with van der Waals surface area (Å²) in [6.07, 6.45) is 1.14. The second-order valence-electron chi connectivity index (χ2n) is 5.49. The third-order valence-electron chi connectivity index (χ3n) is 3.70. The van der Waals surface area contributed by atoms with Crippen LogP contribution in [0.25, 0.3) is 0 Å². The number of nitro groups is 2. The van der Waals surface area contributed by atoms with Crippen LogP contribution in [0.2, 0.25) is 0 Å². The Morgan fingerprint density at radius 2 is 1.54 bits per heavy atom. The van der Waals surface area contributed by atoms with Gasteiger partial charge in [-0.25, -0.2) is 14.2 Å². The van der Waals surface area contributed by atoms with Gasteiger partial charge in [-0.05, 0) is 36.5 Å². The molecule has 0 amide bonds. The van der Waals surface area contributed by atoms with E-state index in [0.29, 0.717) is 5.56 Å². The zero-order valence-electron chi connectivity index (χ0n) is 15.1. The third-order valence-corrected chi connectivity index (χ3v) is 3.70. The third kappa shape index (κ3) is 4.31. The predicted molar refractivity (Wildman–Crippen MR) is 95.2 cm³/mol. The van der Waals surface area contributed by atoms with Crippen molar-refractivity contribution < 1.29 is 28.9 Å². The first-order chi connectivity index (χ1) is 13.3. The van der Waals surface area contributed by atoms with Gasteiger partial charge in [0.1, 0.15) is 18.3 Å². The molecule has 0 bridgehead atoms. The monoisotopic (exact) mass is 391 g/mol. The number of rotatable bonds is 8. The quantitative estimate of drug-likeness (QED) is 0.379. The van der Waals surface area contributed by atoms with Gasteiger partial charge in [0.2, 0.25) is 0 Å². The fraction of sp³-hybridized carbons (Fsp3) is 0.294. The van der Waals surface area contributed by atoms with Crippen molar-refractivity contribution in [3.05, 3.63) is 67.4 Å². The molecule has 0 atom stereocenters. The zero-order valence-corrected chi connectivity index (χ0v) is 15.1. The minimum atomic E-state index is -1.01. The molecule has 2 rings (SSSR count). The van der Waals surface area contributed by atoms with Crippen molar-refractivity contribution >= 4 is 23.4 Å². The largest absolute Gasteiger partial charge is 0.462 e. The number of non-ortho nitro benzene ring substituents is 1. The lowest BCUT2D eigenvalue weighted by atomic mass is 10.2. The highest BCUT2D eigenvalue weighted by molar-refractivity contribution is 6.06. The molecule has 148 valence electrons. The molecule has 0 fully saturated rings. The standard InChI is InChI=1S/C17H17N3O8/c1-3-27-16(21)13-10-18(9-11-5-7-12(8-6-11)19(23)24)15(20(25)26)14(13)17(22)28-4-2/h5-8,10H,3-4,9H2,1-2H3. The van der Waals surface area contributed by atoms with Crippen LogP contribution >= 0.6 is 0 Å². The normalized spacial score (nSPS) is 10.4. The van der Waals surface area contributed by atoms with E-state index in [0.717, 1.165) is 10.8 Å². The van der Waals surface area contributed by atoms with Crippen molar-refractivity contribution in [3.8, 4) is 0 Å². The van der Waals surface area contributed by atoms with Gasteiger partial charge in [0.05, 0.1) is 18.1 Å². The molecular weight excluding hydrogens is 374 g/mol. The molecule has 0 spiro atoms. The van der Waals surface area contributed by atoms with Crippen LogP contribution in [0.5, 0.6) is 0 Å². The Hall–Kier alpha value is -3.76. The average Bonchev–Trinajstić information content (AvgIpc) is 3.02. The molecule has 1 aromatic carbocycles. The van der Waals surface area contributed by atoms with Crippen LogP contribution in [0.4, 0.5) is 11.5 Å². The van der Waals surface area contributed by atoms with Crippen LogP contribution in [-0.2, 0) is 16.0 Å². The van der Waals surface area contributed by atoms with Crippen LogP contribution in [0.1, 0.15) is 40.1 Å². The van der Waals surface area contributed by atoms with Gasteiger partial charge in [-0.15, -0.1) is 0 Å². The molecule has 0 N–H and O–H groups in total. The summed E-state index contributed by atoms with van der Waals surface area (Å²) in [6, 6.07) is 5.36. The molecule has 0 aliphatic rings. The van der Waals surface area contributed by atoms with Crippen molar-refractivity contribution in [2.45, 2.75) is 20.4 Å². The molecule has 11 nitrogen and oxygen atoms in total. The number of nitrogens with zero attached hydrogens (tertiary/aromatic N) is 3. The predicted octanol–water partition coefficient (Wildman–Crippen LogP) is 2.71. The van der Waals surface area contributed by atoms with E-state index in [-0.39, 0.29) is 31.0 Å². The lowest BCUT2D eigenvalue weighted by molar-refractivity contribution is -0.392. The number of benzene rings is 1. The van der Waals surface area contributed by atoms with Gasteiger partial charge in [-0.1, -0.05) is 0 Å². The van der Waals surface area contributed by atoms with E-state index in [4.69, 9.17) is 9.47 Å². The van der Waals surface area contributed by atoms with Crippen LogP contribution < -0.4 is 0 Å². The lowest BCUT2D eigenvalue weighted by Crippen LogP contribution is -2.14. The molecule has 1 heterocycles. The van der Waals surface area contributed by atoms with Crippen LogP contribution in [0.15, 0.2) is 30.5 Å². The molecule has 2 aromatic rings. The van der Waals surface area contributed by atoms with Crippen molar-refractivity contribution in [2.24, 2.45) is 0 Å². The highest BCUT2D eigenvalue weighted by Gasteiger charge is 2.35. The number of hydrogen-bond acceptors (Lipinski definition) is 8. The summed E-state index contributed by atoms with van der Waals surface area (Å²) in [4.78, 5) is 45.5. The van der Waals surface area contributed by atoms with Crippen LogP contribution in [0, 0.1) is 20.2 Å². The summed E-state index contributed by atoms with van der Waals surface area (Å²) in [7, 11) is 0. The number of aromatic nitrogens is 1. The Kier molecular flexibility index (Phi) is 6.42. The second kappa shape index (κ2) is 8.75. The Morgan fingerprint density at radius 3 is 2.04 bits per heavy atom. The van der Waals surface area contributed by atoms with E-state index in [2.05, 4.69) is 0 Å². The average molecular weight is 391 g/mol. The number of ether oxygens (including phenoxy) is 2. The van der Waals surface area contributed by atoms with Gasteiger partial charge in [0, 0.05) is 12.1 Å². The molecule has 0 radical (unpaired) electrons. The molecule has 11 heteroatoms. The van der Waals surface area contributed by atoms with Crippen molar-refractivity contribution in [3.63, 3.8) is 0 Å². The van der Waals surface area contributed by atoms with Gasteiger partial charge in [-0.3, -0.25) is 10.1 Å². The number of esters is 2. The van der Waals surface area contributed by atoms with Crippen molar-refractivity contribution in [2.75, 3.05) is 13.2 Å². The summed E-state index contributed by atoms with van der Waals surface area (Å²) in [5.41, 5.74) is -0.416. The summed E-state index contributed by atoms with van der Waals surface area (Å²) >= 11 is 0. The molecular formula is C17H17N3O8. The van der Waals surface area contributed by atoms with Gasteiger partial charge >= 0.3 is 17.8 Å². The van der Waals surface area contributed by atoms with Gasteiger partial charge in [0.25, 0.3) is 5.69 Å². The van der Waals surface area contributed by atoms with Gasteiger partial charge < -0.3 is 19.6 Å². The minimum Gasteiger partial charge on any atom is -0.462 e. The fourth-order valence-electron chi connectivity index (χ4n) is 2.55. The first-order valence-corrected chi connectivity index (χ1v) is 8.25. The summed E-state index contributed by atoms with van der Waals surface area (Å²) in [5, 5.41) is 22.4. The van der Waals surface area contributed by atoms with Gasteiger partial charge in [-0.2, -0.15) is 0 Å². The first-order valence-electron chi connectivity index (χ1n) is 8.25. The Balaban J connectivity index is 2.54. The van der Waals surface area contributed by atoms with Gasteiger partial charge in [0.15, 0.2) is 5.56 Å². The van der Waals surface area contributed by atoms with E-state index < -0.39 is 33.2 Å². The Labute approximate surface area is 158 Å². The Bertz CT molecular complexity index is 917. The van der Waals surface area contributed by atoms with E-state index >= 15 is 0 Å². The smallest absolute Gasteiger partial charge is 0.347 e. The van der Waals surface area contributed by atoms with E-state index in [1.165, 1.54) is 31.2 Å². The van der Waals surface area contributed by atoms with E-state index in [9.17, 15) is 29.8 Å². The topological polar surface area (TPSA) is 144 Å². The van der Waals surface area contributed by atoms with E-state index in [1.54, 1.807) is 6.92 Å². The first kappa shape index (κ1) is 20.6. The van der Waals surface area contributed by atoms with Crippen LogP contribution in [0.3, 0.4) is 0 Å². The number of hydrogen-bond donors (Lipinski definition) is 0. The molecule has 0 aliphatic carbocycles. The molecule has 0 unspecified atom stereocenters. The maximum absolute atomic E-state index is 12.3.